The second-order valence-corrected chi connectivity index (χ2v) is 5.84. The van der Waals surface area contributed by atoms with Crippen molar-refractivity contribution in [1.29, 1.82) is 0 Å². The Bertz CT molecular complexity index is 725. The van der Waals surface area contributed by atoms with Crippen LogP contribution in [0.3, 0.4) is 0 Å². The number of anilines is 1. The average Bonchev–Trinajstić information content (AvgIpc) is 3.02. The van der Waals surface area contributed by atoms with Crippen LogP contribution in [0.1, 0.15) is 25.3 Å². The molecule has 2 heterocycles. The first-order valence-electron chi connectivity index (χ1n) is 7.14. The van der Waals surface area contributed by atoms with Gasteiger partial charge in [0.05, 0.1) is 24.6 Å². The second-order valence-electron chi connectivity index (χ2n) is 5.84. The van der Waals surface area contributed by atoms with Crippen molar-refractivity contribution in [2.45, 2.75) is 37.5 Å². The smallest absolute Gasteiger partial charge is 0.165 e. The van der Waals surface area contributed by atoms with Gasteiger partial charge in [0, 0.05) is 5.92 Å². The van der Waals surface area contributed by atoms with Crippen LogP contribution in [0, 0.1) is 5.92 Å². The van der Waals surface area contributed by atoms with Gasteiger partial charge in [-0.2, -0.15) is 0 Å². The summed E-state index contributed by atoms with van der Waals surface area (Å²) < 4.78 is 1.96. The highest BCUT2D eigenvalue weighted by atomic mass is 16.3. The summed E-state index contributed by atoms with van der Waals surface area (Å²) in [6.07, 6.45) is 6.26. The molecule has 0 radical (unpaired) electrons. The average molecular weight is 287 g/mol. The molecule has 0 spiro atoms. The molecule has 0 aliphatic heterocycles. The standard InChI is InChI=1S/C14H17N5O2/c15-13-12-14(17-5-16-13)19(6-18-12)10-4-11(21)9-3-7(20)1-2-8(9)10/h2,5-7,9-11,20-21H,1,3-4H2,(H2,15,16,17)/t7-,9+,10+,11+/m1/s1. The van der Waals surface area contributed by atoms with E-state index in [4.69, 9.17) is 5.73 Å². The third-order valence-electron chi connectivity index (χ3n) is 4.62. The number of hydrogen-bond donors (Lipinski definition) is 3. The van der Waals surface area contributed by atoms with Crippen molar-refractivity contribution < 1.29 is 10.2 Å². The number of fused-ring (bicyclic) bond motifs is 2. The van der Waals surface area contributed by atoms with Crippen LogP contribution < -0.4 is 5.73 Å². The molecule has 2 aromatic heterocycles. The highest BCUT2D eigenvalue weighted by molar-refractivity contribution is 5.81. The zero-order valence-corrected chi connectivity index (χ0v) is 11.4. The Hall–Kier alpha value is -1.99. The van der Waals surface area contributed by atoms with Crippen LogP contribution in [-0.4, -0.2) is 41.9 Å². The number of hydrogen-bond acceptors (Lipinski definition) is 6. The summed E-state index contributed by atoms with van der Waals surface area (Å²) in [5.41, 5.74) is 8.27. The summed E-state index contributed by atoms with van der Waals surface area (Å²) in [6.45, 7) is 0. The molecule has 0 amide bonds. The molecule has 4 rings (SSSR count). The van der Waals surface area contributed by atoms with Crippen molar-refractivity contribution in [2.75, 3.05) is 5.73 Å². The lowest BCUT2D eigenvalue weighted by atomic mass is 9.86. The largest absolute Gasteiger partial charge is 0.393 e. The molecule has 2 aliphatic rings. The Morgan fingerprint density at radius 3 is 2.90 bits per heavy atom. The van der Waals surface area contributed by atoms with Gasteiger partial charge in [-0.25, -0.2) is 15.0 Å². The van der Waals surface area contributed by atoms with E-state index in [2.05, 4.69) is 21.0 Å². The van der Waals surface area contributed by atoms with Crippen LogP contribution in [0.2, 0.25) is 0 Å². The Morgan fingerprint density at radius 1 is 1.19 bits per heavy atom. The summed E-state index contributed by atoms with van der Waals surface area (Å²) in [5.74, 6) is 0.386. The maximum absolute atomic E-state index is 10.3. The summed E-state index contributed by atoms with van der Waals surface area (Å²) in [6, 6.07) is 0.0248. The summed E-state index contributed by atoms with van der Waals surface area (Å²) in [7, 11) is 0. The van der Waals surface area contributed by atoms with Crippen molar-refractivity contribution in [3.8, 4) is 0 Å². The van der Waals surface area contributed by atoms with Crippen molar-refractivity contribution in [3.63, 3.8) is 0 Å². The Morgan fingerprint density at radius 2 is 2.05 bits per heavy atom. The number of imidazole rings is 1. The fourth-order valence-electron chi connectivity index (χ4n) is 3.61. The van der Waals surface area contributed by atoms with Crippen LogP contribution in [0.15, 0.2) is 24.3 Å². The fourth-order valence-corrected chi connectivity index (χ4v) is 3.61. The lowest BCUT2D eigenvalue weighted by Crippen LogP contribution is -2.24. The summed E-state index contributed by atoms with van der Waals surface area (Å²) in [4.78, 5) is 12.5. The van der Waals surface area contributed by atoms with E-state index in [9.17, 15) is 10.2 Å². The third kappa shape index (κ3) is 1.85. The molecule has 1 saturated carbocycles. The molecular weight excluding hydrogens is 270 g/mol. The van der Waals surface area contributed by atoms with Crippen molar-refractivity contribution in [3.05, 3.63) is 24.3 Å². The van der Waals surface area contributed by atoms with E-state index in [1.165, 1.54) is 11.9 Å². The maximum Gasteiger partial charge on any atom is 0.165 e. The first kappa shape index (κ1) is 12.7. The molecule has 2 aliphatic carbocycles. The van der Waals surface area contributed by atoms with E-state index in [0.717, 1.165) is 0 Å². The normalized spacial score (nSPS) is 32.2. The molecule has 4 atom stereocenters. The number of aromatic nitrogens is 4. The van der Waals surface area contributed by atoms with Gasteiger partial charge in [-0.15, -0.1) is 0 Å². The molecule has 0 aromatic carbocycles. The van der Waals surface area contributed by atoms with Gasteiger partial charge >= 0.3 is 0 Å². The van der Waals surface area contributed by atoms with E-state index in [1.807, 2.05) is 4.57 Å². The van der Waals surface area contributed by atoms with Gasteiger partial charge in [-0.3, -0.25) is 0 Å². The van der Waals surface area contributed by atoms with E-state index in [0.29, 0.717) is 36.2 Å². The highest BCUT2D eigenvalue weighted by Gasteiger charge is 2.41. The van der Waals surface area contributed by atoms with Gasteiger partial charge in [0.1, 0.15) is 11.8 Å². The van der Waals surface area contributed by atoms with E-state index in [-0.39, 0.29) is 18.1 Å². The van der Waals surface area contributed by atoms with Crippen molar-refractivity contribution in [1.82, 2.24) is 19.5 Å². The molecule has 7 heteroatoms. The topological polar surface area (TPSA) is 110 Å². The minimum absolute atomic E-state index is 0.0235. The van der Waals surface area contributed by atoms with E-state index >= 15 is 0 Å². The van der Waals surface area contributed by atoms with Crippen LogP contribution in [0.4, 0.5) is 5.82 Å². The van der Waals surface area contributed by atoms with Crippen molar-refractivity contribution in [2.24, 2.45) is 5.92 Å². The van der Waals surface area contributed by atoms with Crippen LogP contribution in [-0.2, 0) is 0 Å². The first-order valence-corrected chi connectivity index (χ1v) is 7.14. The monoisotopic (exact) mass is 287 g/mol. The second kappa shape index (κ2) is 4.51. The number of nitrogens with two attached hydrogens (primary N) is 1. The molecular formula is C14H17N5O2. The Kier molecular flexibility index (Phi) is 2.73. The van der Waals surface area contributed by atoms with E-state index in [1.54, 1.807) is 6.33 Å². The quantitative estimate of drug-likeness (QED) is 0.655. The predicted molar refractivity (Wildman–Crippen MR) is 76.2 cm³/mol. The van der Waals surface area contributed by atoms with Crippen LogP contribution in [0.5, 0.6) is 0 Å². The van der Waals surface area contributed by atoms with Crippen LogP contribution in [0.25, 0.3) is 11.2 Å². The van der Waals surface area contributed by atoms with Crippen LogP contribution >= 0.6 is 0 Å². The number of aliphatic hydroxyl groups is 2. The molecule has 0 unspecified atom stereocenters. The zero-order chi connectivity index (χ0) is 14.6. The predicted octanol–water partition coefficient (Wildman–Crippen LogP) is 0.411. The number of aliphatic hydroxyl groups excluding tert-OH is 2. The maximum atomic E-state index is 10.3. The molecule has 7 nitrogen and oxygen atoms in total. The first-order chi connectivity index (χ1) is 10.1. The minimum atomic E-state index is -0.437. The number of nitrogen functional groups attached to an aromatic ring is 1. The van der Waals surface area contributed by atoms with Crippen molar-refractivity contribution >= 4 is 17.0 Å². The Balaban J connectivity index is 1.81. The van der Waals surface area contributed by atoms with Gasteiger partial charge < -0.3 is 20.5 Å². The highest BCUT2D eigenvalue weighted by Crippen LogP contribution is 2.45. The number of nitrogens with zero attached hydrogens (tertiary/aromatic N) is 4. The van der Waals surface area contributed by atoms with Gasteiger partial charge in [-0.05, 0) is 24.8 Å². The molecule has 110 valence electrons. The molecule has 21 heavy (non-hydrogen) atoms. The van der Waals surface area contributed by atoms with Gasteiger partial charge in [0.25, 0.3) is 0 Å². The van der Waals surface area contributed by atoms with Gasteiger partial charge in [-0.1, -0.05) is 6.08 Å². The fraction of sp³-hybridized carbons (Fsp3) is 0.500. The van der Waals surface area contributed by atoms with E-state index < -0.39 is 6.10 Å². The van der Waals surface area contributed by atoms with Gasteiger partial charge in [0.2, 0.25) is 0 Å². The number of rotatable bonds is 1. The molecule has 1 fully saturated rings. The Labute approximate surface area is 121 Å². The molecule has 0 saturated heterocycles. The molecule has 2 aromatic rings. The molecule has 4 N–H and O–H groups in total. The van der Waals surface area contributed by atoms with Gasteiger partial charge in [0.15, 0.2) is 11.5 Å². The lowest BCUT2D eigenvalue weighted by molar-refractivity contribution is 0.0845. The SMILES string of the molecule is Nc1ncnc2c1ncn2[C@H]1C[C@H](O)[C@H]2C[C@H](O)CC=C21. The summed E-state index contributed by atoms with van der Waals surface area (Å²) in [5, 5.41) is 20.1. The molecule has 0 bridgehead atoms. The summed E-state index contributed by atoms with van der Waals surface area (Å²) >= 11 is 0. The third-order valence-corrected chi connectivity index (χ3v) is 4.62. The zero-order valence-electron chi connectivity index (χ0n) is 11.4. The minimum Gasteiger partial charge on any atom is -0.393 e. The lowest BCUT2D eigenvalue weighted by Gasteiger charge is -2.26.